The maximum atomic E-state index is 13.0. The number of carbonyl (C=O) groups is 2. The van der Waals surface area contributed by atoms with Gasteiger partial charge in [0.05, 0.1) is 27.2 Å². The molecule has 0 aromatic heterocycles. The molecule has 31 heavy (non-hydrogen) atoms. The average Bonchev–Trinajstić information content (AvgIpc) is 2.97. The first kappa shape index (κ1) is 23.6. The minimum absolute atomic E-state index is 0.177. The quantitative estimate of drug-likeness (QED) is 0.280. The topological polar surface area (TPSA) is 55.8 Å². The number of benzene rings is 2. The standard InChI is InChI=1S/C22H19Cl2NO4S2/c1-4-28-19(26)11-29-20-16(23)8-14(9-17(20)24)10-18-21(27)25(22(30)31-18)15-6-5-12(2)13(3)7-15/h5-10H,4,11H2,1-3H3/b18-10-. The summed E-state index contributed by atoms with van der Waals surface area (Å²) in [4.78, 5) is 26.5. The van der Waals surface area contributed by atoms with Crippen LogP contribution in [0.5, 0.6) is 5.75 Å². The zero-order valence-electron chi connectivity index (χ0n) is 17.0. The summed E-state index contributed by atoms with van der Waals surface area (Å²) < 4.78 is 10.7. The Morgan fingerprint density at radius 3 is 2.45 bits per heavy atom. The summed E-state index contributed by atoms with van der Waals surface area (Å²) in [6.07, 6.45) is 1.67. The monoisotopic (exact) mass is 495 g/mol. The third-order valence-corrected chi connectivity index (χ3v) is 6.36. The van der Waals surface area contributed by atoms with Crippen LogP contribution in [0.2, 0.25) is 10.0 Å². The van der Waals surface area contributed by atoms with Gasteiger partial charge in [-0.05, 0) is 67.8 Å². The number of nitrogens with zero attached hydrogens (tertiary/aromatic N) is 1. The van der Waals surface area contributed by atoms with E-state index in [2.05, 4.69) is 0 Å². The van der Waals surface area contributed by atoms with E-state index in [1.807, 2.05) is 32.0 Å². The SMILES string of the molecule is CCOC(=O)COc1c(Cl)cc(/C=C2\SC(=S)N(c3ccc(C)c(C)c3)C2=O)cc1Cl. The molecule has 2 aromatic rings. The van der Waals surface area contributed by atoms with Gasteiger partial charge in [0.1, 0.15) is 0 Å². The Morgan fingerprint density at radius 1 is 1.16 bits per heavy atom. The Kier molecular flexibility index (Phi) is 7.64. The zero-order chi connectivity index (χ0) is 22.7. The molecule has 1 heterocycles. The van der Waals surface area contributed by atoms with Gasteiger partial charge >= 0.3 is 5.97 Å². The number of halogens is 2. The molecule has 0 aliphatic carbocycles. The van der Waals surface area contributed by atoms with Crippen LogP contribution in [0.15, 0.2) is 35.2 Å². The van der Waals surface area contributed by atoms with E-state index >= 15 is 0 Å². The van der Waals surface area contributed by atoms with Crippen molar-refractivity contribution >= 4 is 75.1 Å². The van der Waals surface area contributed by atoms with Gasteiger partial charge in [0, 0.05) is 0 Å². The number of thiocarbonyl (C=S) groups is 1. The van der Waals surface area contributed by atoms with Crippen LogP contribution >= 0.6 is 47.2 Å². The molecule has 0 radical (unpaired) electrons. The molecule has 0 saturated carbocycles. The van der Waals surface area contributed by atoms with Gasteiger partial charge in [-0.3, -0.25) is 9.69 Å². The smallest absolute Gasteiger partial charge is 0.344 e. The molecule has 0 atom stereocenters. The maximum absolute atomic E-state index is 13.0. The van der Waals surface area contributed by atoms with Crippen molar-refractivity contribution in [3.63, 3.8) is 0 Å². The summed E-state index contributed by atoms with van der Waals surface area (Å²) in [6, 6.07) is 8.99. The molecule has 0 unspecified atom stereocenters. The molecule has 1 saturated heterocycles. The van der Waals surface area contributed by atoms with Crippen molar-refractivity contribution in [3.8, 4) is 5.75 Å². The molecule has 0 bridgehead atoms. The summed E-state index contributed by atoms with van der Waals surface area (Å²) in [5.74, 6) is -0.557. The number of amides is 1. The molecule has 0 spiro atoms. The van der Waals surface area contributed by atoms with Gasteiger partial charge in [-0.1, -0.05) is 53.2 Å². The lowest BCUT2D eigenvalue weighted by Gasteiger charge is -2.16. The van der Waals surface area contributed by atoms with Crippen LogP contribution in [-0.2, 0) is 14.3 Å². The number of carbonyl (C=O) groups excluding carboxylic acids is 2. The Morgan fingerprint density at radius 2 is 1.84 bits per heavy atom. The lowest BCUT2D eigenvalue weighted by molar-refractivity contribution is -0.145. The van der Waals surface area contributed by atoms with Crippen molar-refractivity contribution in [1.82, 2.24) is 0 Å². The highest BCUT2D eigenvalue weighted by Crippen LogP contribution is 2.39. The second-order valence-corrected chi connectivity index (χ2v) is 9.18. The number of anilines is 1. The Balaban J connectivity index is 1.83. The van der Waals surface area contributed by atoms with Gasteiger partial charge < -0.3 is 9.47 Å². The van der Waals surface area contributed by atoms with E-state index in [9.17, 15) is 9.59 Å². The van der Waals surface area contributed by atoms with Crippen molar-refractivity contribution in [2.24, 2.45) is 0 Å². The minimum atomic E-state index is -0.520. The lowest BCUT2D eigenvalue weighted by atomic mass is 10.1. The lowest BCUT2D eigenvalue weighted by Crippen LogP contribution is -2.27. The van der Waals surface area contributed by atoms with Crippen LogP contribution in [0.1, 0.15) is 23.6 Å². The highest BCUT2D eigenvalue weighted by Gasteiger charge is 2.33. The first-order valence-corrected chi connectivity index (χ1v) is 11.3. The number of thioether (sulfide) groups is 1. The molecular formula is C22H19Cl2NO4S2. The number of rotatable bonds is 6. The fourth-order valence-corrected chi connectivity index (χ4v) is 4.75. The summed E-state index contributed by atoms with van der Waals surface area (Å²) in [5.41, 5.74) is 3.55. The van der Waals surface area contributed by atoms with Crippen LogP contribution in [0.3, 0.4) is 0 Å². The third-order valence-electron chi connectivity index (χ3n) is 4.50. The van der Waals surface area contributed by atoms with Gasteiger partial charge in [0.15, 0.2) is 16.7 Å². The number of esters is 1. The Labute approximate surface area is 200 Å². The van der Waals surface area contributed by atoms with E-state index < -0.39 is 5.97 Å². The van der Waals surface area contributed by atoms with Crippen molar-refractivity contribution in [3.05, 3.63) is 62.0 Å². The predicted octanol–water partition coefficient (Wildman–Crippen LogP) is 5.96. The molecule has 1 fully saturated rings. The van der Waals surface area contributed by atoms with Crippen molar-refractivity contribution in [1.29, 1.82) is 0 Å². The summed E-state index contributed by atoms with van der Waals surface area (Å²) >= 11 is 19.2. The van der Waals surface area contributed by atoms with E-state index in [0.717, 1.165) is 16.8 Å². The fourth-order valence-electron chi connectivity index (χ4n) is 2.84. The first-order valence-electron chi connectivity index (χ1n) is 9.34. The largest absolute Gasteiger partial charge is 0.479 e. The molecule has 0 N–H and O–H groups in total. The van der Waals surface area contributed by atoms with Crippen molar-refractivity contribution in [2.75, 3.05) is 18.1 Å². The molecule has 3 rings (SSSR count). The van der Waals surface area contributed by atoms with Gasteiger partial charge in [0.25, 0.3) is 5.91 Å². The van der Waals surface area contributed by atoms with Gasteiger partial charge in [-0.15, -0.1) is 0 Å². The number of aryl methyl sites for hydroxylation is 2. The van der Waals surface area contributed by atoms with E-state index in [1.165, 1.54) is 16.7 Å². The third kappa shape index (κ3) is 5.41. The fraction of sp³-hybridized carbons (Fsp3) is 0.227. The van der Waals surface area contributed by atoms with Crippen LogP contribution in [0.4, 0.5) is 5.69 Å². The van der Waals surface area contributed by atoms with Crippen LogP contribution in [0.25, 0.3) is 6.08 Å². The Bertz CT molecular complexity index is 1080. The normalized spacial score (nSPS) is 15.0. The van der Waals surface area contributed by atoms with Gasteiger partial charge in [-0.2, -0.15) is 0 Å². The second-order valence-electron chi connectivity index (χ2n) is 6.69. The molecule has 162 valence electrons. The summed E-state index contributed by atoms with van der Waals surface area (Å²) in [5, 5.41) is 0.431. The van der Waals surface area contributed by atoms with Crippen LogP contribution in [0, 0.1) is 13.8 Å². The number of hydrogen-bond donors (Lipinski definition) is 0. The van der Waals surface area contributed by atoms with E-state index in [4.69, 9.17) is 44.9 Å². The van der Waals surface area contributed by atoms with Gasteiger partial charge in [-0.25, -0.2) is 4.79 Å². The van der Waals surface area contributed by atoms with E-state index in [0.29, 0.717) is 14.8 Å². The first-order chi connectivity index (χ1) is 14.7. The van der Waals surface area contributed by atoms with Crippen LogP contribution in [-0.4, -0.2) is 29.4 Å². The van der Waals surface area contributed by atoms with Crippen molar-refractivity contribution in [2.45, 2.75) is 20.8 Å². The molecule has 1 amide bonds. The van der Waals surface area contributed by atoms with Crippen LogP contribution < -0.4 is 9.64 Å². The maximum Gasteiger partial charge on any atom is 0.344 e. The Hall–Kier alpha value is -2.06. The second kappa shape index (κ2) is 10.0. The molecule has 9 heteroatoms. The molecule has 1 aliphatic heterocycles. The number of hydrogen-bond acceptors (Lipinski definition) is 6. The van der Waals surface area contributed by atoms with E-state index in [-0.39, 0.29) is 34.9 Å². The summed E-state index contributed by atoms with van der Waals surface area (Å²) in [6.45, 7) is 5.65. The molecule has 1 aliphatic rings. The van der Waals surface area contributed by atoms with Crippen molar-refractivity contribution < 1.29 is 19.1 Å². The molecule has 5 nitrogen and oxygen atoms in total. The van der Waals surface area contributed by atoms with E-state index in [1.54, 1.807) is 25.1 Å². The summed E-state index contributed by atoms with van der Waals surface area (Å²) in [7, 11) is 0. The highest BCUT2D eigenvalue weighted by atomic mass is 35.5. The zero-order valence-corrected chi connectivity index (χ0v) is 20.2. The van der Waals surface area contributed by atoms with Gasteiger partial charge in [0.2, 0.25) is 0 Å². The predicted molar refractivity (Wildman–Crippen MR) is 130 cm³/mol. The minimum Gasteiger partial charge on any atom is -0.479 e. The highest BCUT2D eigenvalue weighted by molar-refractivity contribution is 8.27. The molecular weight excluding hydrogens is 477 g/mol. The average molecular weight is 496 g/mol. The number of ether oxygens (including phenoxy) is 2. The molecule has 2 aromatic carbocycles.